The maximum absolute atomic E-state index is 11.3. The molecule has 7 nitrogen and oxygen atoms in total. The molecule has 0 amide bonds. The molecule has 1 fully saturated rings. The number of carbonyl (C=O) groups excluding carboxylic acids is 1. The van der Waals surface area contributed by atoms with Crippen LogP contribution in [0.25, 0.3) is 0 Å². The van der Waals surface area contributed by atoms with Crippen LogP contribution in [0.1, 0.15) is 39.0 Å². The molecule has 1 aliphatic carbocycles. The van der Waals surface area contributed by atoms with Gasteiger partial charge in [-0.2, -0.15) is 5.48 Å². The number of carbonyl (C=O) groups is 1. The van der Waals surface area contributed by atoms with E-state index >= 15 is 0 Å². The molecule has 4 N–H and O–H groups in total. The van der Waals surface area contributed by atoms with Gasteiger partial charge in [0.05, 0.1) is 6.10 Å². The molecule has 8 heteroatoms. The van der Waals surface area contributed by atoms with Gasteiger partial charge < -0.3 is 9.42 Å². The molecule has 1 aliphatic rings. The third-order valence-electron chi connectivity index (χ3n) is 2.54. The Labute approximate surface area is 100 Å². The monoisotopic (exact) mass is 266 g/mol. The number of nitrogens with two attached hydrogens (primary N) is 1. The van der Waals surface area contributed by atoms with Gasteiger partial charge in [0.1, 0.15) is 6.04 Å². The molecule has 0 aromatic carbocycles. The molecule has 100 valence electrons. The van der Waals surface area contributed by atoms with Gasteiger partial charge in [-0.05, 0) is 19.8 Å². The Morgan fingerprint density at radius 3 is 2.59 bits per heavy atom. The molecule has 0 bridgehead atoms. The van der Waals surface area contributed by atoms with E-state index in [-0.39, 0.29) is 6.10 Å². The van der Waals surface area contributed by atoms with Crippen molar-refractivity contribution in [1.29, 1.82) is 0 Å². The quantitative estimate of drug-likeness (QED) is 0.499. The van der Waals surface area contributed by atoms with E-state index in [1.807, 2.05) is 0 Å². The predicted octanol–water partition coefficient (Wildman–Crippen LogP) is 0.831. The molecule has 0 radical (unpaired) electrons. The molecule has 1 saturated carbocycles. The lowest BCUT2D eigenvalue weighted by Gasteiger charge is -2.23. The van der Waals surface area contributed by atoms with Crippen molar-refractivity contribution in [3.63, 3.8) is 0 Å². The molecule has 17 heavy (non-hydrogen) atoms. The summed E-state index contributed by atoms with van der Waals surface area (Å²) < 4.78 is 14.8. The lowest BCUT2D eigenvalue weighted by Crippen LogP contribution is -2.38. The zero-order valence-electron chi connectivity index (χ0n) is 9.80. The average Bonchev–Trinajstić information content (AvgIpc) is 2.25. The van der Waals surface area contributed by atoms with Crippen molar-refractivity contribution in [3.8, 4) is 0 Å². The van der Waals surface area contributed by atoms with Gasteiger partial charge in [-0.1, -0.05) is 19.3 Å². The highest BCUT2D eigenvalue weighted by Crippen LogP contribution is 2.31. The van der Waals surface area contributed by atoms with Gasteiger partial charge >= 0.3 is 13.7 Å². The first-order valence-electron chi connectivity index (χ1n) is 5.64. The Balaban J connectivity index is 2.26. The summed E-state index contributed by atoms with van der Waals surface area (Å²) in [5.74, 6) is -0.908. The maximum atomic E-state index is 11.3. The summed E-state index contributed by atoms with van der Waals surface area (Å²) in [7, 11) is -4.28. The van der Waals surface area contributed by atoms with Gasteiger partial charge in [-0.15, -0.1) is 0 Å². The summed E-state index contributed by atoms with van der Waals surface area (Å²) in [4.78, 5) is 25.2. The normalized spacial score (nSPS) is 22.8. The van der Waals surface area contributed by atoms with Crippen LogP contribution in [0, 0.1) is 0 Å². The second-order valence-electron chi connectivity index (χ2n) is 4.19. The van der Waals surface area contributed by atoms with Crippen molar-refractivity contribution in [1.82, 2.24) is 5.48 Å². The van der Waals surface area contributed by atoms with E-state index in [2.05, 4.69) is 10.0 Å². The number of hydroxylamine groups is 1. The highest BCUT2D eigenvalue weighted by Gasteiger charge is 2.24. The fraction of sp³-hybridized carbons (Fsp3) is 0.889. The predicted molar refractivity (Wildman–Crippen MR) is 60.7 cm³/mol. The Hall–Kier alpha value is -0.460. The fourth-order valence-electron chi connectivity index (χ4n) is 1.64. The van der Waals surface area contributed by atoms with Crippen LogP contribution in [0.2, 0.25) is 0 Å². The Morgan fingerprint density at radius 1 is 1.47 bits per heavy atom. The number of rotatable bonds is 5. The van der Waals surface area contributed by atoms with E-state index in [0.29, 0.717) is 0 Å². The first-order valence-corrected chi connectivity index (χ1v) is 7.29. The second kappa shape index (κ2) is 6.47. The molecular formula is C9H19N2O5P. The standard InChI is InChI=1S/C9H19N2O5P/c1-7(9(12)16-17(10,13)14)11-15-8-5-3-2-4-6-8/h7-8,11H,2-6H2,1H3,(H3,10,13,14)/t7-/m0/s1. The van der Waals surface area contributed by atoms with Crippen LogP contribution in [0.5, 0.6) is 0 Å². The summed E-state index contributed by atoms with van der Waals surface area (Å²) >= 11 is 0. The van der Waals surface area contributed by atoms with Gasteiger partial charge in [0, 0.05) is 0 Å². The van der Waals surface area contributed by atoms with Crippen LogP contribution < -0.4 is 11.0 Å². The summed E-state index contributed by atoms with van der Waals surface area (Å²) in [5, 5.41) is 0. The van der Waals surface area contributed by atoms with Gasteiger partial charge in [-0.25, -0.2) is 14.9 Å². The van der Waals surface area contributed by atoms with E-state index in [1.54, 1.807) is 0 Å². The number of hydrogen-bond acceptors (Lipinski definition) is 5. The minimum atomic E-state index is -4.28. The molecular weight excluding hydrogens is 247 g/mol. The smallest absolute Gasteiger partial charge is 0.379 e. The van der Waals surface area contributed by atoms with E-state index in [9.17, 15) is 9.36 Å². The van der Waals surface area contributed by atoms with Crippen LogP contribution in [0.15, 0.2) is 0 Å². The van der Waals surface area contributed by atoms with Crippen LogP contribution in [-0.2, 0) is 18.7 Å². The first kappa shape index (κ1) is 14.6. The highest BCUT2D eigenvalue weighted by molar-refractivity contribution is 7.50. The van der Waals surface area contributed by atoms with Gasteiger partial charge in [0.15, 0.2) is 0 Å². The third-order valence-corrected chi connectivity index (χ3v) is 2.98. The molecule has 2 atom stereocenters. The summed E-state index contributed by atoms with van der Waals surface area (Å²) in [6.45, 7) is 1.47. The zero-order chi connectivity index (χ0) is 12.9. The van der Waals surface area contributed by atoms with E-state index < -0.39 is 19.8 Å². The van der Waals surface area contributed by atoms with Crippen LogP contribution in [0.4, 0.5) is 0 Å². The lowest BCUT2D eigenvalue weighted by molar-refractivity contribution is -0.143. The van der Waals surface area contributed by atoms with Crippen molar-refractivity contribution < 1.29 is 23.6 Å². The van der Waals surface area contributed by atoms with Crippen molar-refractivity contribution >= 4 is 13.7 Å². The molecule has 0 aromatic heterocycles. The molecule has 0 aliphatic heterocycles. The topological polar surface area (TPSA) is 111 Å². The number of nitrogens with one attached hydrogen (secondary N) is 1. The highest BCUT2D eigenvalue weighted by atomic mass is 31.2. The SMILES string of the molecule is C[C@H](NOC1CCCCC1)C(=O)OP(N)(=O)O. The molecule has 1 rings (SSSR count). The lowest BCUT2D eigenvalue weighted by atomic mass is 9.98. The molecule has 0 saturated heterocycles. The van der Waals surface area contributed by atoms with Crippen LogP contribution in [-0.4, -0.2) is 23.0 Å². The molecule has 0 spiro atoms. The second-order valence-corrected chi connectivity index (χ2v) is 5.50. The minimum Gasteiger partial charge on any atom is -0.379 e. The van der Waals surface area contributed by atoms with Crippen molar-refractivity contribution in [2.24, 2.45) is 5.50 Å². The van der Waals surface area contributed by atoms with E-state index in [0.717, 1.165) is 25.7 Å². The number of hydrogen-bond donors (Lipinski definition) is 3. The molecule has 0 heterocycles. The van der Waals surface area contributed by atoms with E-state index in [4.69, 9.17) is 15.2 Å². The van der Waals surface area contributed by atoms with Crippen LogP contribution >= 0.6 is 7.75 Å². The van der Waals surface area contributed by atoms with Gasteiger partial charge in [0.2, 0.25) is 0 Å². The summed E-state index contributed by atoms with van der Waals surface area (Å²) in [6, 6.07) is -0.832. The molecule has 1 unspecified atom stereocenters. The Bertz CT molecular complexity index is 300. The largest absolute Gasteiger partial charge is 0.455 e. The molecule has 0 aromatic rings. The third kappa shape index (κ3) is 6.14. The average molecular weight is 266 g/mol. The van der Waals surface area contributed by atoms with Crippen LogP contribution in [0.3, 0.4) is 0 Å². The Kier molecular flexibility index (Phi) is 5.55. The summed E-state index contributed by atoms with van der Waals surface area (Å²) in [5.41, 5.74) is 7.22. The van der Waals surface area contributed by atoms with Gasteiger partial charge in [-0.3, -0.25) is 4.84 Å². The van der Waals surface area contributed by atoms with E-state index in [1.165, 1.54) is 13.3 Å². The Morgan fingerprint density at radius 2 is 2.06 bits per heavy atom. The minimum absolute atomic E-state index is 0.0813. The summed E-state index contributed by atoms with van der Waals surface area (Å²) in [6.07, 6.45) is 5.41. The van der Waals surface area contributed by atoms with Gasteiger partial charge in [0.25, 0.3) is 0 Å². The maximum Gasteiger partial charge on any atom is 0.455 e. The van der Waals surface area contributed by atoms with Crippen molar-refractivity contribution in [3.05, 3.63) is 0 Å². The fourth-order valence-corrected chi connectivity index (χ4v) is 2.05. The zero-order valence-corrected chi connectivity index (χ0v) is 10.7. The first-order chi connectivity index (χ1) is 7.88. The van der Waals surface area contributed by atoms with Crippen molar-refractivity contribution in [2.75, 3.05) is 0 Å². The van der Waals surface area contributed by atoms with Crippen molar-refractivity contribution in [2.45, 2.75) is 51.2 Å².